The van der Waals surface area contributed by atoms with E-state index in [2.05, 4.69) is 0 Å². The summed E-state index contributed by atoms with van der Waals surface area (Å²) in [5, 5.41) is 8.31. The molecule has 3 nitrogen and oxygen atoms in total. The van der Waals surface area contributed by atoms with Crippen molar-refractivity contribution in [3.63, 3.8) is 0 Å². The van der Waals surface area contributed by atoms with E-state index in [0.29, 0.717) is 6.54 Å². The predicted molar refractivity (Wildman–Crippen MR) is 28.5 cm³/mol. The first-order chi connectivity index (χ1) is 3.72. The highest BCUT2D eigenvalue weighted by molar-refractivity contribution is 5.67. The SMILES string of the molecule is CC1[CH-]CN1C(=O)O. The number of likely N-dealkylation sites (tertiary alicyclic amines) is 1. The zero-order chi connectivity index (χ0) is 6.15. The topological polar surface area (TPSA) is 40.5 Å². The van der Waals surface area contributed by atoms with Crippen molar-refractivity contribution in [2.45, 2.75) is 13.0 Å². The molecule has 0 spiro atoms. The minimum atomic E-state index is -0.819. The monoisotopic (exact) mass is 114 g/mol. The van der Waals surface area contributed by atoms with Crippen LogP contribution in [0.3, 0.4) is 0 Å². The van der Waals surface area contributed by atoms with Gasteiger partial charge in [-0.1, -0.05) is 13.0 Å². The highest BCUT2D eigenvalue weighted by Crippen LogP contribution is 2.13. The molecule has 1 atom stereocenters. The molecule has 46 valence electrons. The second-order valence-electron chi connectivity index (χ2n) is 1.91. The van der Waals surface area contributed by atoms with Crippen LogP contribution in [0.25, 0.3) is 0 Å². The molecule has 8 heavy (non-hydrogen) atoms. The van der Waals surface area contributed by atoms with Gasteiger partial charge in [-0.15, -0.1) is 6.54 Å². The Morgan fingerprint density at radius 3 is 2.62 bits per heavy atom. The van der Waals surface area contributed by atoms with Gasteiger partial charge in [0, 0.05) is 0 Å². The van der Waals surface area contributed by atoms with Crippen LogP contribution < -0.4 is 0 Å². The van der Waals surface area contributed by atoms with Crippen molar-refractivity contribution in [3.8, 4) is 0 Å². The number of hydrogen-bond acceptors (Lipinski definition) is 1. The first kappa shape index (κ1) is 5.41. The quantitative estimate of drug-likeness (QED) is 0.468. The average molecular weight is 114 g/mol. The van der Waals surface area contributed by atoms with Gasteiger partial charge in [0.15, 0.2) is 0 Å². The lowest BCUT2D eigenvalue weighted by molar-refractivity contribution is 0.113. The van der Waals surface area contributed by atoms with E-state index in [1.54, 1.807) is 0 Å². The van der Waals surface area contributed by atoms with Gasteiger partial charge in [0.1, 0.15) is 0 Å². The Kier molecular flexibility index (Phi) is 1.12. The lowest BCUT2D eigenvalue weighted by Gasteiger charge is -2.46. The second-order valence-corrected chi connectivity index (χ2v) is 1.91. The summed E-state index contributed by atoms with van der Waals surface area (Å²) in [5.41, 5.74) is 0. The zero-order valence-corrected chi connectivity index (χ0v) is 4.66. The van der Waals surface area contributed by atoms with Crippen LogP contribution in [0.1, 0.15) is 6.92 Å². The maximum Gasteiger partial charge on any atom is 0.402 e. The number of nitrogens with zero attached hydrogens (tertiary/aromatic N) is 1. The van der Waals surface area contributed by atoms with Crippen LogP contribution in [0.5, 0.6) is 0 Å². The van der Waals surface area contributed by atoms with E-state index in [4.69, 9.17) is 5.11 Å². The molecule has 0 bridgehead atoms. The van der Waals surface area contributed by atoms with Gasteiger partial charge in [-0.2, -0.15) is 0 Å². The summed E-state index contributed by atoms with van der Waals surface area (Å²) < 4.78 is 0. The van der Waals surface area contributed by atoms with Gasteiger partial charge >= 0.3 is 6.09 Å². The summed E-state index contributed by atoms with van der Waals surface area (Å²) in [7, 11) is 0. The average Bonchev–Trinajstić information content (AvgIpc) is 1.61. The summed E-state index contributed by atoms with van der Waals surface area (Å²) in [6.45, 7) is 2.45. The van der Waals surface area contributed by atoms with Crippen LogP contribution >= 0.6 is 0 Å². The maximum atomic E-state index is 10.1. The van der Waals surface area contributed by atoms with E-state index < -0.39 is 6.09 Å². The molecule has 0 aromatic carbocycles. The van der Waals surface area contributed by atoms with Crippen LogP contribution in [0.2, 0.25) is 0 Å². The van der Waals surface area contributed by atoms with Crippen molar-refractivity contribution in [1.82, 2.24) is 4.90 Å². The Balaban J connectivity index is 2.37. The van der Waals surface area contributed by atoms with E-state index in [-0.39, 0.29) is 6.04 Å². The predicted octanol–water partition coefficient (Wildman–Crippen LogP) is 0.573. The van der Waals surface area contributed by atoms with Crippen molar-refractivity contribution < 1.29 is 9.90 Å². The third-order valence-corrected chi connectivity index (χ3v) is 1.38. The molecule has 1 N–H and O–H groups in total. The van der Waals surface area contributed by atoms with Crippen molar-refractivity contribution >= 4 is 6.09 Å². The summed E-state index contributed by atoms with van der Waals surface area (Å²) in [6, 6.07) is 0.132. The van der Waals surface area contributed by atoms with Gasteiger partial charge in [-0.05, 0) is 0 Å². The molecule has 0 radical (unpaired) electrons. The van der Waals surface area contributed by atoms with E-state index in [9.17, 15) is 4.79 Å². The third kappa shape index (κ3) is 0.638. The fourth-order valence-corrected chi connectivity index (χ4v) is 0.674. The molecule has 1 saturated heterocycles. The molecule has 0 saturated carbocycles. The molecule has 0 aliphatic carbocycles. The van der Waals surface area contributed by atoms with Crippen molar-refractivity contribution in [1.29, 1.82) is 0 Å². The van der Waals surface area contributed by atoms with Crippen molar-refractivity contribution in [2.24, 2.45) is 0 Å². The van der Waals surface area contributed by atoms with E-state index >= 15 is 0 Å². The Labute approximate surface area is 47.9 Å². The number of carbonyl (C=O) groups is 1. The molecular weight excluding hydrogens is 106 g/mol. The Morgan fingerprint density at radius 1 is 2.00 bits per heavy atom. The van der Waals surface area contributed by atoms with E-state index in [1.807, 2.05) is 13.3 Å². The summed E-state index contributed by atoms with van der Waals surface area (Å²) in [4.78, 5) is 11.5. The summed E-state index contributed by atoms with van der Waals surface area (Å²) >= 11 is 0. The summed E-state index contributed by atoms with van der Waals surface area (Å²) in [6.07, 6.45) is 1.13. The van der Waals surface area contributed by atoms with Crippen LogP contribution in [-0.2, 0) is 0 Å². The Bertz CT molecular complexity index is 113. The molecule has 1 amide bonds. The molecule has 0 aromatic heterocycles. The van der Waals surface area contributed by atoms with Gasteiger partial charge in [0.2, 0.25) is 0 Å². The fraction of sp³-hybridized carbons (Fsp3) is 0.600. The molecule has 1 aliphatic rings. The molecular formula is C5H8NO2-. The maximum absolute atomic E-state index is 10.1. The van der Waals surface area contributed by atoms with Gasteiger partial charge in [0.25, 0.3) is 0 Å². The Morgan fingerprint density at radius 2 is 2.62 bits per heavy atom. The normalized spacial score (nSPS) is 27.1. The molecule has 1 rings (SSSR count). The number of carboxylic acid groups (broad SMARTS) is 1. The van der Waals surface area contributed by atoms with Gasteiger partial charge in [-0.3, -0.25) is 6.42 Å². The number of rotatable bonds is 0. The Hall–Kier alpha value is -0.730. The molecule has 1 unspecified atom stereocenters. The third-order valence-electron chi connectivity index (χ3n) is 1.38. The van der Waals surface area contributed by atoms with Gasteiger partial charge in [0.05, 0.1) is 0 Å². The number of hydrogen-bond donors (Lipinski definition) is 1. The highest BCUT2D eigenvalue weighted by Gasteiger charge is 2.17. The van der Waals surface area contributed by atoms with Crippen molar-refractivity contribution in [3.05, 3.63) is 6.42 Å². The number of amides is 1. The minimum absolute atomic E-state index is 0.132. The molecule has 1 heterocycles. The van der Waals surface area contributed by atoms with Crippen LogP contribution in [-0.4, -0.2) is 28.7 Å². The molecule has 3 heteroatoms. The standard InChI is InChI=1S/C5H8NO2/c1-4-2-3-6(4)5(7)8/h2,4H,3H2,1H3,(H,7,8)/q-1. The van der Waals surface area contributed by atoms with Gasteiger partial charge in [-0.25, -0.2) is 4.79 Å². The van der Waals surface area contributed by atoms with E-state index in [0.717, 1.165) is 0 Å². The fourth-order valence-electron chi connectivity index (χ4n) is 0.674. The summed E-state index contributed by atoms with van der Waals surface area (Å²) in [5.74, 6) is 0. The zero-order valence-electron chi connectivity index (χ0n) is 4.66. The van der Waals surface area contributed by atoms with Crippen molar-refractivity contribution in [2.75, 3.05) is 6.54 Å². The highest BCUT2D eigenvalue weighted by atomic mass is 16.4. The van der Waals surface area contributed by atoms with E-state index in [1.165, 1.54) is 4.90 Å². The molecule has 0 aromatic rings. The van der Waals surface area contributed by atoms with Crippen LogP contribution in [0.4, 0.5) is 4.79 Å². The van der Waals surface area contributed by atoms with Crippen LogP contribution in [0, 0.1) is 6.42 Å². The lowest BCUT2D eigenvalue weighted by Crippen LogP contribution is -2.49. The smallest absolute Gasteiger partial charge is 0.402 e. The molecule has 1 aliphatic heterocycles. The molecule has 1 fully saturated rings. The van der Waals surface area contributed by atoms with Crippen LogP contribution in [0.15, 0.2) is 0 Å². The lowest BCUT2D eigenvalue weighted by atomic mass is 10.1. The second kappa shape index (κ2) is 1.65. The first-order valence-corrected chi connectivity index (χ1v) is 2.54. The van der Waals surface area contributed by atoms with Gasteiger partial charge < -0.3 is 10.0 Å². The minimum Gasteiger partial charge on any atom is -0.465 e. The largest absolute Gasteiger partial charge is 0.465 e. The first-order valence-electron chi connectivity index (χ1n) is 2.54.